The van der Waals surface area contributed by atoms with Crippen molar-refractivity contribution in [2.75, 3.05) is 6.61 Å². The van der Waals surface area contributed by atoms with E-state index >= 15 is 0 Å². The van der Waals surface area contributed by atoms with Crippen LogP contribution in [0, 0.1) is 0 Å². The first kappa shape index (κ1) is 17.4. The summed E-state index contributed by atoms with van der Waals surface area (Å²) in [5.41, 5.74) is -0.823. The Bertz CT molecular complexity index is 682. The molecule has 2 N–H and O–H groups in total. The van der Waals surface area contributed by atoms with Crippen molar-refractivity contribution in [3.05, 3.63) is 54.0 Å². The maximum Gasteiger partial charge on any atom is 0.416 e. The second kappa shape index (κ2) is 7.53. The first-order valence-electron chi connectivity index (χ1n) is 6.75. The molecule has 0 saturated heterocycles. The average Bonchev–Trinajstić information content (AvgIpc) is 3.04. The molecular weight excluding hydrogens is 329 g/mol. The van der Waals surface area contributed by atoms with Crippen molar-refractivity contribution in [3.8, 4) is 5.75 Å². The van der Waals surface area contributed by atoms with E-state index in [0.29, 0.717) is 5.76 Å². The molecule has 2 aromatic rings. The summed E-state index contributed by atoms with van der Waals surface area (Å²) in [4.78, 5) is 23.0. The molecule has 3 amide bonds. The van der Waals surface area contributed by atoms with Gasteiger partial charge in [0, 0.05) is 0 Å². The molecule has 0 saturated carbocycles. The second-order valence-corrected chi connectivity index (χ2v) is 4.62. The number of carbonyl (C=O) groups excluding carboxylic acids is 2. The van der Waals surface area contributed by atoms with Crippen LogP contribution < -0.4 is 15.4 Å². The number of halogens is 3. The predicted molar refractivity (Wildman–Crippen MR) is 76.0 cm³/mol. The van der Waals surface area contributed by atoms with E-state index in [2.05, 4.69) is 5.32 Å². The largest absolute Gasteiger partial charge is 0.484 e. The van der Waals surface area contributed by atoms with E-state index in [1.54, 1.807) is 12.1 Å². The summed E-state index contributed by atoms with van der Waals surface area (Å²) >= 11 is 0. The molecule has 9 heteroatoms. The first-order chi connectivity index (χ1) is 11.3. The summed E-state index contributed by atoms with van der Waals surface area (Å²) < 4.78 is 47.2. The minimum Gasteiger partial charge on any atom is -0.484 e. The molecule has 0 bridgehead atoms. The van der Waals surface area contributed by atoms with Gasteiger partial charge in [-0.05, 0) is 36.4 Å². The average molecular weight is 342 g/mol. The van der Waals surface area contributed by atoms with Crippen molar-refractivity contribution in [3.63, 3.8) is 0 Å². The van der Waals surface area contributed by atoms with Crippen LogP contribution in [0.4, 0.5) is 18.0 Å². The highest BCUT2D eigenvalue weighted by Gasteiger charge is 2.30. The SMILES string of the molecule is O=C(COc1ccc(C(F)(F)F)cc1)NC(=O)NCc1ccco1. The smallest absolute Gasteiger partial charge is 0.416 e. The van der Waals surface area contributed by atoms with Crippen molar-refractivity contribution < 1.29 is 31.9 Å². The fraction of sp³-hybridized carbons (Fsp3) is 0.200. The fourth-order valence-electron chi connectivity index (χ4n) is 1.68. The van der Waals surface area contributed by atoms with Gasteiger partial charge < -0.3 is 14.5 Å². The van der Waals surface area contributed by atoms with E-state index in [1.165, 1.54) is 6.26 Å². The minimum atomic E-state index is -4.44. The Kier molecular flexibility index (Phi) is 5.46. The molecule has 0 unspecified atom stereocenters. The monoisotopic (exact) mass is 342 g/mol. The third-order valence-electron chi connectivity index (χ3n) is 2.81. The van der Waals surface area contributed by atoms with Crippen LogP contribution in [0.3, 0.4) is 0 Å². The predicted octanol–water partition coefficient (Wildman–Crippen LogP) is 2.70. The zero-order chi connectivity index (χ0) is 17.6. The molecule has 24 heavy (non-hydrogen) atoms. The van der Waals surface area contributed by atoms with E-state index in [0.717, 1.165) is 24.3 Å². The molecule has 0 radical (unpaired) electrons. The Morgan fingerprint density at radius 2 is 1.83 bits per heavy atom. The molecule has 0 aliphatic rings. The number of benzene rings is 1. The summed E-state index contributed by atoms with van der Waals surface area (Å²) in [6, 6.07) is 6.41. The zero-order valence-electron chi connectivity index (χ0n) is 12.2. The van der Waals surface area contributed by atoms with Gasteiger partial charge in [0.1, 0.15) is 11.5 Å². The number of ether oxygens (including phenoxy) is 1. The van der Waals surface area contributed by atoms with Gasteiger partial charge in [-0.3, -0.25) is 10.1 Å². The third-order valence-corrected chi connectivity index (χ3v) is 2.81. The molecule has 0 atom stereocenters. The Morgan fingerprint density at radius 1 is 1.12 bits per heavy atom. The Labute approximate surface area is 134 Å². The molecule has 0 fully saturated rings. The number of imide groups is 1. The number of carbonyl (C=O) groups is 2. The lowest BCUT2D eigenvalue weighted by molar-refractivity contribution is -0.137. The van der Waals surface area contributed by atoms with E-state index in [4.69, 9.17) is 9.15 Å². The lowest BCUT2D eigenvalue weighted by atomic mass is 10.2. The van der Waals surface area contributed by atoms with Crippen LogP contribution >= 0.6 is 0 Å². The van der Waals surface area contributed by atoms with Crippen molar-refractivity contribution in [2.45, 2.75) is 12.7 Å². The molecule has 128 valence electrons. The van der Waals surface area contributed by atoms with Crippen LogP contribution in [0.2, 0.25) is 0 Å². The van der Waals surface area contributed by atoms with Gasteiger partial charge in [0.05, 0.1) is 18.4 Å². The highest BCUT2D eigenvalue weighted by Crippen LogP contribution is 2.30. The number of alkyl halides is 3. The summed E-state index contributed by atoms with van der Waals surface area (Å²) in [6.45, 7) is -0.411. The van der Waals surface area contributed by atoms with Crippen LogP contribution in [0.25, 0.3) is 0 Å². The molecule has 0 aliphatic carbocycles. The lowest BCUT2D eigenvalue weighted by Crippen LogP contribution is -2.41. The van der Waals surface area contributed by atoms with Gasteiger partial charge in [0.25, 0.3) is 5.91 Å². The highest BCUT2D eigenvalue weighted by atomic mass is 19.4. The molecule has 1 aromatic carbocycles. The third kappa shape index (κ3) is 5.34. The number of hydrogen-bond donors (Lipinski definition) is 2. The second-order valence-electron chi connectivity index (χ2n) is 4.62. The van der Waals surface area contributed by atoms with Crippen LogP contribution in [0.15, 0.2) is 47.1 Å². The molecule has 0 spiro atoms. The van der Waals surface area contributed by atoms with Gasteiger partial charge in [-0.2, -0.15) is 13.2 Å². The van der Waals surface area contributed by atoms with E-state index in [9.17, 15) is 22.8 Å². The van der Waals surface area contributed by atoms with Crippen LogP contribution in [0.1, 0.15) is 11.3 Å². The Balaban J connectivity index is 1.73. The molecule has 0 aliphatic heterocycles. The lowest BCUT2D eigenvalue weighted by Gasteiger charge is -2.09. The van der Waals surface area contributed by atoms with E-state index in [-0.39, 0.29) is 12.3 Å². The first-order valence-corrected chi connectivity index (χ1v) is 6.75. The van der Waals surface area contributed by atoms with Crippen LogP contribution in [-0.4, -0.2) is 18.5 Å². The fourth-order valence-corrected chi connectivity index (χ4v) is 1.68. The van der Waals surface area contributed by atoms with Gasteiger partial charge in [-0.25, -0.2) is 4.79 Å². The van der Waals surface area contributed by atoms with E-state index in [1.807, 2.05) is 5.32 Å². The Hall–Kier alpha value is -2.97. The van der Waals surface area contributed by atoms with Crippen LogP contribution in [-0.2, 0) is 17.5 Å². The zero-order valence-corrected chi connectivity index (χ0v) is 12.2. The molecule has 2 rings (SSSR count). The molecule has 1 aromatic heterocycles. The van der Waals surface area contributed by atoms with Gasteiger partial charge in [-0.1, -0.05) is 0 Å². The number of furan rings is 1. The number of urea groups is 1. The van der Waals surface area contributed by atoms with Crippen molar-refractivity contribution in [2.24, 2.45) is 0 Å². The van der Waals surface area contributed by atoms with Gasteiger partial charge in [0.2, 0.25) is 0 Å². The van der Waals surface area contributed by atoms with Crippen LogP contribution in [0.5, 0.6) is 5.75 Å². The Morgan fingerprint density at radius 3 is 2.42 bits per heavy atom. The van der Waals surface area contributed by atoms with Gasteiger partial charge in [-0.15, -0.1) is 0 Å². The normalized spacial score (nSPS) is 11.0. The maximum absolute atomic E-state index is 12.4. The van der Waals surface area contributed by atoms with Gasteiger partial charge >= 0.3 is 12.2 Å². The van der Waals surface area contributed by atoms with Gasteiger partial charge in [0.15, 0.2) is 6.61 Å². The number of rotatable bonds is 5. The topological polar surface area (TPSA) is 80.6 Å². The molecular formula is C15H13F3N2O4. The quantitative estimate of drug-likeness (QED) is 0.875. The molecule has 1 heterocycles. The van der Waals surface area contributed by atoms with Crippen molar-refractivity contribution in [1.82, 2.24) is 10.6 Å². The summed E-state index contributed by atoms with van der Waals surface area (Å²) in [6.07, 6.45) is -3.00. The standard InChI is InChI=1S/C15H13F3N2O4/c16-15(17,18)10-3-5-11(6-4-10)24-9-13(21)20-14(22)19-8-12-2-1-7-23-12/h1-7H,8-9H2,(H2,19,20,21,22). The van der Waals surface area contributed by atoms with Crippen molar-refractivity contribution >= 4 is 11.9 Å². The maximum atomic E-state index is 12.4. The van der Waals surface area contributed by atoms with Crippen molar-refractivity contribution in [1.29, 1.82) is 0 Å². The summed E-state index contributed by atoms with van der Waals surface area (Å²) in [7, 11) is 0. The van der Waals surface area contributed by atoms with E-state index < -0.39 is 30.3 Å². The molecule has 6 nitrogen and oxygen atoms in total. The number of hydrogen-bond acceptors (Lipinski definition) is 4. The summed E-state index contributed by atoms with van der Waals surface area (Å²) in [5, 5.41) is 4.41. The highest BCUT2D eigenvalue weighted by molar-refractivity contribution is 5.94. The number of nitrogens with one attached hydrogen (secondary N) is 2. The summed E-state index contributed by atoms with van der Waals surface area (Å²) in [5.74, 6) is -0.153. The minimum absolute atomic E-state index is 0.0779. The number of amides is 3.